The molecule has 132 valence electrons. The summed E-state index contributed by atoms with van der Waals surface area (Å²) < 4.78 is 27.0. The normalized spacial score (nSPS) is 25.1. The molecule has 0 bridgehead atoms. The number of nitrogens with one attached hydrogen (secondary N) is 2. The largest absolute Gasteiger partial charge is 0.357 e. The summed E-state index contributed by atoms with van der Waals surface area (Å²) in [4.78, 5) is 6.99. The highest BCUT2D eigenvalue weighted by Crippen LogP contribution is 2.33. The predicted molar refractivity (Wildman–Crippen MR) is 91.9 cm³/mol. The number of aliphatic imine (C=N–C) groups is 1. The van der Waals surface area contributed by atoms with E-state index in [0.717, 1.165) is 37.7 Å². The van der Waals surface area contributed by atoms with Crippen LogP contribution in [-0.4, -0.2) is 42.1 Å². The SMILES string of the molecule is CCNC(=NCc1cc(F)ccc1F)NC1CC(C)N(C2CC2)C1. The fraction of sp³-hybridized carbons (Fsp3) is 0.611. The number of hydrogen-bond donors (Lipinski definition) is 2. The second-order valence-electron chi connectivity index (χ2n) is 6.78. The molecule has 4 nitrogen and oxygen atoms in total. The summed E-state index contributed by atoms with van der Waals surface area (Å²) >= 11 is 0. The van der Waals surface area contributed by atoms with Gasteiger partial charge in [0, 0.05) is 36.8 Å². The highest BCUT2D eigenvalue weighted by molar-refractivity contribution is 5.80. The fourth-order valence-corrected chi connectivity index (χ4v) is 3.42. The van der Waals surface area contributed by atoms with Crippen LogP contribution in [0.1, 0.15) is 38.7 Å². The van der Waals surface area contributed by atoms with Crippen molar-refractivity contribution in [1.29, 1.82) is 0 Å². The monoisotopic (exact) mass is 336 g/mol. The van der Waals surface area contributed by atoms with Gasteiger partial charge in [0.25, 0.3) is 0 Å². The molecule has 24 heavy (non-hydrogen) atoms. The van der Waals surface area contributed by atoms with Crippen LogP contribution in [-0.2, 0) is 6.54 Å². The molecule has 0 amide bonds. The summed E-state index contributed by atoms with van der Waals surface area (Å²) in [7, 11) is 0. The predicted octanol–water partition coefficient (Wildman–Crippen LogP) is 2.65. The molecule has 0 radical (unpaired) electrons. The van der Waals surface area contributed by atoms with Gasteiger partial charge in [0.2, 0.25) is 0 Å². The second-order valence-corrected chi connectivity index (χ2v) is 6.78. The Morgan fingerprint density at radius 1 is 1.33 bits per heavy atom. The smallest absolute Gasteiger partial charge is 0.191 e. The third-order valence-corrected chi connectivity index (χ3v) is 4.74. The Hall–Kier alpha value is -1.69. The van der Waals surface area contributed by atoms with Crippen molar-refractivity contribution < 1.29 is 8.78 Å². The van der Waals surface area contributed by atoms with E-state index in [1.807, 2.05) is 6.92 Å². The molecule has 6 heteroatoms. The molecule has 1 heterocycles. The van der Waals surface area contributed by atoms with E-state index in [9.17, 15) is 8.78 Å². The van der Waals surface area contributed by atoms with Gasteiger partial charge in [-0.2, -0.15) is 0 Å². The summed E-state index contributed by atoms with van der Waals surface area (Å²) in [5, 5.41) is 6.64. The molecular formula is C18H26F2N4. The summed E-state index contributed by atoms with van der Waals surface area (Å²) in [5.74, 6) is -0.203. The first-order chi connectivity index (χ1) is 11.6. The summed E-state index contributed by atoms with van der Waals surface area (Å²) in [6.07, 6.45) is 3.70. The van der Waals surface area contributed by atoms with Crippen LogP contribution in [0.25, 0.3) is 0 Å². The van der Waals surface area contributed by atoms with Gasteiger partial charge in [-0.3, -0.25) is 4.90 Å². The van der Waals surface area contributed by atoms with Crippen LogP contribution in [0, 0.1) is 11.6 Å². The fourth-order valence-electron chi connectivity index (χ4n) is 3.42. The van der Waals surface area contributed by atoms with Crippen LogP contribution in [0.5, 0.6) is 0 Å². The van der Waals surface area contributed by atoms with Crippen LogP contribution in [0.3, 0.4) is 0 Å². The molecule has 0 spiro atoms. The van der Waals surface area contributed by atoms with E-state index in [0.29, 0.717) is 18.0 Å². The van der Waals surface area contributed by atoms with Gasteiger partial charge < -0.3 is 10.6 Å². The van der Waals surface area contributed by atoms with E-state index in [1.165, 1.54) is 18.9 Å². The molecule has 2 unspecified atom stereocenters. The van der Waals surface area contributed by atoms with Crippen molar-refractivity contribution in [2.45, 2.75) is 57.8 Å². The maximum Gasteiger partial charge on any atom is 0.191 e. The first-order valence-corrected chi connectivity index (χ1v) is 8.81. The molecule has 3 rings (SSSR count). The van der Waals surface area contributed by atoms with Gasteiger partial charge in [-0.05, 0) is 51.3 Å². The van der Waals surface area contributed by atoms with Gasteiger partial charge in [0.15, 0.2) is 5.96 Å². The lowest BCUT2D eigenvalue weighted by atomic mass is 10.2. The van der Waals surface area contributed by atoms with Crippen molar-refractivity contribution in [2.24, 2.45) is 4.99 Å². The summed E-state index contributed by atoms with van der Waals surface area (Å²) in [6.45, 7) is 6.13. The van der Waals surface area contributed by atoms with Crippen LogP contribution in [0.15, 0.2) is 23.2 Å². The Morgan fingerprint density at radius 3 is 2.83 bits per heavy atom. The lowest BCUT2D eigenvalue weighted by molar-refractivity contribution is 0.256. The molecule has 2 N–H and O–H groups in total. The minimum absolute atomic E-state index is 0.119. The van der Waals surface area contributed by atoms with Crippen molar-refractivity contribution >= 4 is 5.96 Å². The van der Waals surface area contributed by atoms with Gasteiger partial charge in [0.05, 0.1) is 6.54 Å². The van der Waals surface area contributed by atoms with Gasteiger partial charge >= 0.3 is 0 Å². The maximum atomic E-state index is 13.7. The summed E-state index contributed by atoms with van der Waals surface area (Å²) in [5.41, 5.74) is 0.270. The number of rotatable bonds is 5. The van der Waals surface area contributed by atoms with E-state index >= 15 is 0 Å². The molecule has 1 aliphatic carbocycles. The second kappa shape index (κ2) is 7.47. The third kappa shape index (κ3) is 4.23. The Bertz CT molecular complexity index is 601. The minimum Gasteiger partial charge on any atom is -0.357 e. The first-order valence-electron chi connectivity index (χ1n) is 8.81. The number of benzene rings is 1. The van der Waals surface area contributed by atoms with E-state index < -0.39 is 11.6 Å². The molecule has 1 aromatic carbocycles. The molecular weight excluding hydrogens is 310 g/mol. The zero-order valence-electron chi connectivity index (χ0n) is 14.4. The molecule has 2 fully saturated rings. The van der Waals surface area contributed by atoms with Gasteiger partial charge in [0.1, 0.15) is 11.6 Å². The molecule has 0 aromatic heterocycles. The number of guanidine groups is 1. The van der Waals surface area contributed by atoms with E-state index in [1.54, 1.807) is 0 Å². The molecule has 1 saturated carbocycles. The molecule has 2 atom stereocenters. The third-order valence-electron chi connectivity index (χ3n) is 4.74. The van der Waals surface area contributed by atoms with E-state index in [-0.39, 0.29) is 12.1 Å². The number of halogens is 2. The van der Waals surface area contributed by atoms with Crippen molar-refractivity contribution in [3.05, 3.63) is 35.4 Å². The zero-order valence-corrected chi connectivity index (χ0v) is 14.4. The van der Waals surface area contributed by atoms with Crippen molar-refractivity contribution in [3.8, 4) is 0 Å². The Morgan fingerprint density at radius 2 is 2.12 bits per heavy atom. The lowest BCUT2D eigenvalue weighted by Crippen LogP contribution is -2.44. The topological polar surface area (TPSA) is 39.7 Å². The Labute approximate surface area is 142 Å². The van der Waals surface area contributed by atoms with Crippen molar-refractivity contribution in [3.63, 3.8) is 0 Å². The van der Waals surface area contributed by atoms with Crippen LogP contribution in [0.4, 0.5) is 8.78 Å². The molecule has 1 saturated heterocycles. The highest BCUT2D eigenvalue weighted by atomic mass is 19.1. The Balaban J connectivity index is 1.62. The van der Waals surface area contributed by atoms with E-state index in [2.05, 4.69) is 27.4 Å². The number of hydrogen-bond acceptors (Lipinski definition) is 2. The number of likely N-dealkylation sites (tertiary alicyclic amines) is 1. The standard InChI is InChI=1S/C18H26F2N4/c1-3-21-18(22-10-13-9-14(19)4-7-17(13)20)23-15-8-12(2)24(11-15)16-5-6-16/h4,7,9,12,15-16H,3,5-6,8,10-11H2,1-2H3,(H2,21,22,23). The van der Waals surface area contributed by atoms with Crippen molar-refractivity contribution in [2.75, 3.05) is 13.1 Å². The van der Waals surface area contributed by atoms with Crippen LogP contribution < -0.4 is 10.6 Å². The van der Waals surface area contributed by atoms with Crippen LogP contribution in [0.2, 0.25) is 0 Å². The van der Waals surface area contributed by atoms with Crippen LogP contribution >= 0.6 is 0 Å². The van der Waals surface area contributed by atoms with Crippen molar-refractivity contribution in [1.82, 2.24) is 15.5 Å². The number of nitrogens with zero attached hydrogens (tertiary/aromatic N) is 2. The zero-order chi connectivity index (χ0) is 17.1. The average molecular weight is 336 g/mol. The molecule has 2 aliphatic rings. The van der Waals surface area contributed by atoms with Gasteiger partial charge in [-0.15, -0.1) is 0 Å². The average Bonchev–Trinajstić information content (AvgIpc) is 3.32. The summed E-state index contributed by atoms with van der Waals surface area (Å²) in [6, 6.07) is 5.15. The minimum atomic E-state index is -0.441. The lowest BCUT2D eigenvalue weighted by Gasteiger charge is -2.20. The molecule has 1 aromatic rings. The highest BCUT2D eigenvalue weighted by Gasteiger charge is 2.38. The Kier molecular flexibility index (Phi) is 5.33. The quantitative estimate of drug-likeness (QED) is 0.641. The van der Waals surface area contributed by atoms with Gasteiger partial charge in [-0.1, -0.05) is 0 Å². The first kappa shape index (κ1) is 17.1. The van der Waals surface area contributed by atoms with E-state index in [4.69, 9.17) is 0 Å². The maximum absolute atomic E-state index is 13.7. The molecule has 1 aliphatic heterocycles. The van der Waals surface area contributed by atoms with Gasteiger partial charge in [-0.25, -0.2) is 13.8 Å².